The zero-order chi connectivity index (χ0) is 14.4. The van der Waals surface area contributed by atoms with Gasteiger partial charge >= 0.3 is 0 Å². The summed E-state index contributed by atoms with van der Waals surface area (Å²) in [6, 6.07) is 1.95. The Kier molecular flexibility index (Phi) is 5.06. The van der Waals surface area contributed by atoms with E-state index in [1.165, 1.54) is 0 Å². The smallest absolute Gasteiger partial charge is 0.156 e. The topological polar surface area (TPSA) is 64.9 Å². The van der Waals surface area contributed by atoms with Crippen molar-refractivity contribution in [2.24, 2.45) is 0 Å². The Balaban J connectivity index is 2.23. The van der Waals surface area contributed by atoms with E-state index in [-0.39, 0.29) is 0 Å². The minimum Gasteiger partial charge on any atom is -0.377 e. The number of anilines is 1. The Morgan fingerprint density at radius 2 is 2.20 bits per heavy atom. The summed E-state index contributed by atoms with van der Waals surface area (Å²) >= 11 is 0. The second-order valence-corrected chi connectivity index (χ2v) is 4.56. The first-order valence-electron chi connectivity index (χ1n) is 6.80. The lowest BCUT2D eigenvalue weighted by atomic mass is 10.2. The van der Waals surface area contributed by atoms with Crippen molar-refractivity contribution in [2.45, 2.75) is 32.9 Å². The molecule has 20 heavy (non-hydrogen) atoms. The number of nitrogens with zero attached hydrogens (tertiary/aromatic N) is 4. The van der Waals surface area contributed by atoms with Crippen molar-refractivity contribution in [2.75, 3.05) is 19.5 Å². The van der Waals surface area contributed by atoms with Gasteiger partial charge < -0.3 is 14.6 Å². The van der Waals surface area contributed by atoms with E-state index in [1.54, 1.807) is 7.11 Å². The maximum atomic E-state index is 5.11. The van der Waals surface area contributed by atoms with Gasteiger partial charge in [-0.15, -0.1) is 0 Å². The molecule has 0 atom stereocenters. The Morgan fingerprint density at radius 1 is 1.35 bits per heavy atom. The van der Waals surface area contributed by atoms with Crippen LogP contribution >= 0.6 is 0 Å². The Morgan fingerprint density at radius 3 is 2.90 bits per heavy atom. The van der Waals surface area contributed by atoms with Crippen molar-refractivity contribution in [1.82, 2.24) is 19.5 Å². The van der Waals surface area contributed by atoms with Crippen LogP contribution in [0, 0.1) is 0 Å². The van der Waals surface area contributed by atoms with E-state index in [0.29, 0.717) is 18.9 Å². The van der Waals surface area contributed by atoms with Crippen LogP contribution in [0.1, 0.15) is 30.7 Å². The number of nitrogens with one attached hydrogen (secondary N) is 1. The summed E-state index contributed by atoms with van der Waals surface area (Å²) < 4.78 is 7.27. The van der Waals surface area contributed by atoms with Crippen molar-refractivity contribution >= 4 is 5.82 Å². The maximum absolute atomic E-state index is 5.11. The molecule has 0 unspecified atom stereocenters. The summed E-state index contributed by atoms with van der Waals surface area (Å²) in [5.74, 6) is 2.51. The lowest BCUT2D eigenvalue weighted by molar-refractivity contribution is 0.177. The molecule has 6 heteroatoms. The lowest BCUT2D eigenvalue weighted by Crippen LogP contribution is -2.08. The molecule has 0 radical (unpaired) electrons. The van der Waals surface area contributed by atoms with Crippen molar-refractivity contribution < 1.29 is 4.74 Å². The van der Waals surface area contributed by atoms with Crippen LogP contribution in [0.15, 0.2) is 18.5 Å². The summed E-state index contributed by atoms with van der Waals surface area (Å²) in [5, 5.41) is 3.05. The van der Waals surface area contributed by atoms with Gasteiger partial charge in [0.25, 0.3) is 0 Å². The fraction of sp³-hybridized carbons (Fsp3) is 0.500. The molecule has 0 saturated heterocycles. The number of aryl methyl sites for hydroxylation is 1. The predicted molar refractivity (Wildman–Crippen MR) is 77.6 cm³/mol. The van der Waals surface area contributed by atoms with E-state index in [9.17, 15) is 0 Å². The first kappa shape index (κ1) is 14.5. The number of methoxy groups -OCH3 is 1. The van der Waals surface area contributed by atoms with E-state index in [4.69, 9.17) is 4.74 Å². The molecule has 0 fully saturated rings. The van der Waals surface area contributed by atoms with Gasteiger partial charge in [0, 0.05) is 45.6 Å². The summed E-state index contributed by atoms with van der Waals surface area (Å²) in [6.45, 7) is 3.54. The molecule has 0 saturated carbocycles. The third-order valence-electron chi connectivity index (χ3n) is 2.96. The van der Waals surface area contributed by atoms with Gasteiger partial charge in [-0.2, -0.15) is 0 Å². The van der Waals surface area contributed by atoms with E-state index in [2.05, 4.69) is 31.8 Å². The van der Waals surface area contributed by atoms with E-state index in [0.717, 1.165) is 30.3 Å². The quantitative estimate of drug-likeness (QED) is 0.835. The van der Waals surface area contributed by atoms with E-state index in [1.807, 2.05) is 25.5 Å². The van der Waals surface area contributed by atoms with Gasteiger partial charge in [0.1, 0.15) is 18.2 Å². The normalized spacial score (nSPS) is 10.8. The SMILES string of the molecule is CCCn1ccnc1Cc1cc(NC)nc(COC)n1. The van der Waals surface area contributed by atoms with E-state index >= 15 is 0 Å². The number of imidazole rings is 1. The Hall–Kier alpha value is -1.95. The lowest BCUT2D eigenvalue weighted by Gasteiger charge is -2.09. The van der Waals surface area contributed by atoms with Gasteiger partial charge in [-0.3, -0.25) is 0 Å². The minimum atomic E-state index is 0.409. The molecule has 0 aliphatic heterocycles. The highest BCUT2D eigenvalue weighted by Crippen LogP contribution is 2.11. The summed E-state index contributed by atoms with van der Waals surface area (Å²) in [5.41, 5.74) is 0.944. The largest absolute Gasteiger partial charge is 0.377 e. The van der Waals surface area contributed by atoms with Crippen LogP contribution in [-0.4, -0.2) is 33.7 Å². The van der Waals surface area contributed by atoms with Crippen molar-refractivity contribution in [1.29, 1.82) is 0 Å². The number of hydrogen-bond acceptors (Lipinski definition) is 5. The molecule has 0 aromatic carbocycles. The molecule has 1 N–H and O–H groups in total. The number of hydrogen-bond donors (Lipinski definition) is 1. The average molecular weight is 275 g/mol. The number of ether oxygens (including phenoxy) is 1. The standard InChI is InChI=1S/C14H21N5O/c1-4-6-19-7-5-16-14(19)9-11-8-12(15-2)18-13(17-11)10-20-3/h5,7-8H,4,6,9-10H2,1-3H3,(H,15,17,18). The third-order valence-corrected chi connectivity index (χ3v) is 2.96. The van der Waals surface area contributed by atoms with E-state index < -0.39 is 0 Å². The zero-order valence-electron chi connectivity index (χ0n) is 12.3. The van der Waals surface area contributed by atoms with Crippen LogP contribution in [0.25, 0.3) is 0 Å². The molecule has 6 nitrogen and oxygen atoms in total. The van der Waals surface area contributed by atoms with Gasteiger partial charge in [-0.1, -0.05) is 6.92 Å². The fourth-order valence-corrected chi connectivity index (χ4v) is 2.08. The first-order valence-corrected chi connectivity index (χ1v) is 6.80. The number of rotatable bonds is 7. The molecule has 0 bridgehead atoms. The fourth-order valence-electron chi connectivity index (χ4n) is 2.08. The van der Waals surface area contributed by atoms with Gasteiger partial charge in [-0.05, 0) is 6.42 Å². The van der Waals surface area contributed by atoms with Gasteiger partial charge in [0.15, 0.2) is 5.82 Å². The van der Waals surface area contributed by atoms with Gasteiger partial charge in [0.2, 0.25) is 0 Å². The highest BCUT2D eigenvalue weighted by Gasteiger charge is 2.08. The molecule has 0 aliphatic carbocycles. The molecule has 2 aromatic rings. The zero-order valence-corrected chi connectivity index (χ0v) is 12.3. The Bertz CT molecular complexity index is 552. The molecule has 2 rings (SSSR count). The number of aromatic nitrogens is 4. The highest BCUT2D eigenvalue weighted by molar-refractivity contribution is 5.36. The van der Waals surface area contributed by atoms with Crippen LogP contribution in [0.3, 0.4) is 0 Å². The molecule has 0 amide bonds. The van der Waals surface area contributed by atoms with Crippen LogP contribution in [0.2, 0.25) is 0 Å². The Labute approximate surface area is 119 Å². The van der Waals surface area contributed by atoms with Crippen LogP contribution in [0.4, 0.5) is 5.82 Å². The summed E-state index contributed by atoms with van der Waals surface area (Å²) in [7, 11) is 3.49. The van der Waals surface area contributed by atoms with Crippen molar-refractivity contribution in [3.63, 3.8) is 0 Å². The van der Waals surface area contributed by atoms with Gasteiger partial charge in [0.05, 0.1) is 5.69 Å². The summed E-state index contributed by atoms with van der Waals surface area (Å²) in [6.07, 6.45) is 5.63. The maximum Gasteiger partial charge on any atom is 0.156 e. The third kappa shape index (κ3) is 3.54. The van der Waals surface area contributed by atoms with Crippen LogP contribution < -0.4 is 5.32 Å². The van der Waals surface area contributed by atoms with Crippen LogP contribution in [-0.2, 0) is 24.3 Å². The van der Waals surface area contributed by atoms with Crippen LogP contribution in [0.5, 0.6) is 0 Å². The predicted octanol–water partition coefficient (Wildman–Crippen LogP) is 1.86. The summed E-state index contributed by atoms with van der Waals surface area (Å²) in [4.78, 5) is 13.3. The molecule has 2 heterocycles. The highest BCUT2D eigenvalue weighted by atomic mass is 16.5. The average Bonchev–Trinajstić information content (AvgIpc) is 2.86. The van der Waals surface area contributed by atoms with Gasteiger partial charge in [-0.25, -0.2) is 15.0 Å². The molecule has 0 aliphatic rings. The van der Waals surface area contributed by atoms with Crippen molar-refractivity contribution in [3.05, 3.63) is 35.8 Å². The molecule has 2 aromatic heterocycles. The molecular weight excluding hydrogens is 254 g/mol. The first-order chi connectivity index (χ1) is 9.76. The molecular formula is C14H21N5O. The molecule has 108 valence electrons. The second-order valence-electron chi connectivity index (χ2n) is 4.56. The van der Waals surface area contributed by atoms with Crippen molar-refractivity contribution in [3.8, 4) is 0 Å². The minimum absolute atomic E-state index is 0.409. The molecule has 0 spiro atoms. The second kappa shape index (κ2) is 7.00. The monoisotopic (exact) mass is 275 g/mol.